The first-order valence-corrected chi connectivity index (χ1v) is 7.76. The molecule has 0 saturated heterocycles. The fourth-order valence-electron chi connectivity index (χ4n) is 2.00. The van der Waals surface area contributed by atoms with Gasteiger partial charge in [0.05, 0.1) is 0 Å². The Kier molecular flexibility index (Phi) is 5.76. The monoisotopic (exact) mass is 351 g/mol. The highest BCUT2D eigenvalue weighted by atomic mass is 79.9. The molecule has 2 rings (SSSR count). The topological polar surface area (TPSA) is 21.3 Å². The van der Waals surface area contributed by atoms with E-state index in [-0.39, 0.29) is 12.4 Å². The van der Waals surface area contributed by atoms with E-state index in [0.717, 1.165) is 34.4 Å². The number of rotatable bonds is 6. The molecule has 2 aromatic rings. The molecule has 0 spiro atoms. The summed E-state index contributed by atoms with van der Waals surface area (Å²) in [7, 11) is 0. The number of hydrogen-bond acceptors (Lipinski definition) is 2. The van der Waals surface area contributed by atoms with E-state index in [2.05, 4.69) is 21.2 Å². The van der Waals surface area contributed by atoms with Crippen molar-refractivity contribution in [3.63, 3.8) is 0 Å². The third-order valence-electron chi connectivity index (χ3n) is 3.22. The molecule has 0 radical (unpaired) electrons. The van der Waals surface area contributed by atoms with Gasteiger partial charge in [-0.15, -0.1) is 0 Å². The lowest BCUT2D eigenvalue weighted by molar-refractivity contribution is 0.297. The minimum Gasteiger partial charge on any atom is -0.488 e. The molecule has 2 nitrogen and oxygen atoms in total. The number of halogens is 2. The van der Waals surface area contributed by atoms with Gasteiger partial charge in [0.2, 0.25) is 0 Å². The molecule has 112 valence electrons. The Labute approximate surface area is 133 Å². The minimum absolute atomic E-state index is 0.225. The summed E-state index contributed by atoms with van der Waals surface area (Å²) in [5.74, 6) is 0.531. The molecule has 0 amide bonds. The summed E-state index contributed by atoms with van der Waals surface area (Å²) in [5, 5.41) is 3.23. The molecule has 21 heavy (non-hydrogen) atoms. The minimum atomic E-state index is -0.233. The standard InChI is InChI=1S/C17H19BrFNO/c1-3-20-10-13-5-7-16(19)14(8-13)11-21-17-9-15(18)6-4-12(17)2/h4-9,20H,3,10-11H2,1-2H3. The van der Waals surface area contributed by atoms with Crippen molar-refractivity contribution in [3.8, 4) is 5.75 Å². The summed E-state index contributed by atoms with van der Waals surface area (Å²) >= 11 is 3.41. The van der Waals surface area contributed by atoms with Gasteiger partial charge in [-0.25, -0.2) is 4.39 Å². The van der Waals surface area contributed by atoms with Gasteiger partial charge in [-0.05, 0) is 48.9 Å². The van der Waals surface area contributed by atoms with Gasteiger partial charge in [0.1, 0.15) is 18.2 Å². The lowest BCUT2D eigenvalue weighted by atomic mass is 10.1. The van der Waals surface area contributed by atoms with Gasteiger partial charge in [-0.2, -0.15) is 0 Å². The molecule has 0 aliphatic heterocycles. The van der Waals surface area contributed by atoms with Crippen molar-refractivity contribution in [2.75, 3.05) is 6.54 Å². The Balaban J connectivity index is 2.10. The van der Waals surface area contributed by atoms with Gasteiger partial charge in [-0.1, -0.05) is 35.0 Å². The smallest absolute Gasteiger partial charge is 0.129 e. The van der Waals surface area contributed by atoms with Gasteiger partial charge >= 0.3 is 0 Å². The highest BCUT2D eigenvalue weighted by Crippen LogP contribution is 2.24. The first kappa shape index (κ1) is 16.0. The average molecular weight is 352 g/mol. The van der Waals surface area contributed by atoms with Crippen LogP contribution < -0.4 is 10.1 Å². The molecule has 0 saturated carbocycles. The van der Waals surface area contributed by atoms with Gasteiger partial charge < -0.3 is 10.1 Å². The van der Waals surface area contributed by atoms with Crippen LogP contribution in [0.1, 0.15) is 23.6 Å². The molecule has 0 unspecified atom stereocenters. The summed E-state index contributed by atoms with van der Waals surface area (Å²) in [6.07, 6.45) is 0. The van der Waals surface area contributed by atoms with Crippen molar-refractivity contribution in [1.29, 1.82) is 0 Å². The van der Waals surface area contributed by atoms with Crippen molar-refractivity contribution in [2.24, 2.45) is 0 Å². The largest absolute Gasteiger partial charge is 0.488 e. The molecular formula is C17H19BrFNO. The van der Waals surface area contributed by atoms with Crippen LogP contribution in [0.5, 0.6) is 5.75 Å². The molecule has 0 bridgehead atoms. The van der Waals surface area contributed by atoms with Gasteiger partial charge in [0.25, 0.3) is 0 Å². The third kappa shape index (κ3) is 4.55. The van der Waals surface area contributed by atoms with Crippen LogP contribution in [0.15, 0.2) is 40.9 Å². The molecule has 4 heteroatoms. The summed E-state index contributed by atoms with van der Waals surface area (Å²) in [5.41, 5.74) is 2.66. The van der Waals surface area contributed by atoms with E-state index in [1.165, 1.54) is 6.07 Å². The SMILES string of the molecule is CCNCc1ccc(F)c(COc2cc(Br)ccc2C)c1. The van der Waals surface area contributed by atoms with Gasteiger partial charge in [0, 0.05) is 16.6 Å². The van der Waals surface area contributed by atoms with Crippen LogP contribution in [-0.4, -0.2) is 6.54 Å². The number of ether oxygens (including phenoxy) is 1. The quantitative estimate of drug-likeness (QED) is 0.821. The fraction of sp³-hybridized carbons (Fsp3) is 0.294. The number of nitrogens with one attached hydrogen (secondary N) is 1. The average Bonchev–Trinajstić information content (AvgIpc) is 2.48. The Hall–Kier alpha value is -1.39. The van der Waals surface area contributed by atoms with E-state index in [1.807, 2.05) is 38.1 Å². The third-order valence-corrected chi connectivity index (χ3v) is 3.72. The van der Waals surface area contributed by atoms with E-state index >= 15 is 0 Å². The number of benzene rings is 2. The Morgan fingerprint density at radius 3 is 2.76 bits per heavy atom. The van der Waals surface area contributed by atoms with Crippen molar-refractivity contribution in [3.05, 3.63) is 63.4 Å². The lowest BCUT2D eigenvalue weighted by Crippen LogP contribution is -2.12. The van der Waals surface area contributed by atoms with Crippen LogP contribution in [-0.2, 0) is 13.2 Å². The van der Waals surface area contributed by atoms with Crippen LogP contribution in [0.3, 0.4) is 0 Å². The Bertz CT molecular complexity index is 616. The van der Waals surface area contributed by atoms with Gasteiger partial charge in [0.15, 0.2) is 0 Å². The van der Waals surface area contributed by atoms with Crippen LogP contribution in [0.4, 0.5) is 4.39 Å². The van der Waals surface area contributed by atoms with Crippen LogP contribution >= 0.6 is 15.9 Å². The predicted octanol–water partition coefficient (Wildman–Crippen LogP) is 4.59. The number of hydrogen-bond donors (Lipinski definition) is 1. The van der Waals surface area contributed by atoms with Crippen LogP contribution in [0.2, 0.25) is 0 Å². The second-order valence-electron chi connectivity index (χ2n) is 4.90. The second-order valence-corrected chi connectivity index (χ2v) is 5.82. The van der Waals surface area contributed by atoms with E-state index in [0.29, 0.717) is 5.56 Å². The summed E-state index contributed by atoms with van der Waals surface area (Å²) in [4.78, 5) is 0. The Morgan fingerprint density at radius 2 is 2.00 bits per heavy atom. The zero-order chi connectivity index (χ0) is 15.2. The molecule has 0 heterocycles. The molecule has 0 aliphatic rings. The predicted molar refractivity (Wildman–Crippen MR) is 87.0 cm³/mol. The maximum atomic E-state index is 13.9. The summed E-state index contributed by atoms with van der Waals surface area (Å²) < 4.78 is 20.6. The fourth-order valence-corrected chi connectivity index (χ4v) is 2.34. The molecule has 0 atom stereocenters. The molecular weight excluding hydrogens is 333 g/mol. The van der Waals surface area contributed by atoms with E-state index in [9.17, 15) is 4.39 Å². The molecule has 0 aromatic heterocycles. The first-order valence-electron chi connectivity index (χ1n) is 6.97. The summed E-state index contributed by atoms with van der Waals surface area (Å²) in [6.45, 7) is 5.87. The highest BCUT2D eigenvalue weighted by molar-refractivity contribution is 9.10. The lowest BCUT2D eigenvalue weighted by Gasteiger charge is -2.11. The zero-order valence-corrected chi connectivity index (χ0v) is 13.8. The molecule has 0 aliphatic carbocycles. The molecule has 2 aromatic carbocycles. The first-order chi connectivity index (χ1) is 10.1. The van der Waals surface area contributed by atoms with E-state index in [1.54, 1.807) is 6.07 Å². The molecule has 1 N–H and O–H groups in total. The number of aryl methyl sites for hydroxylation is 1. The maximum absolute atomic E-state index is 13.9. The normalized spacial score (nSPS) is 10.7. The van der Waals surface area contributed by atoms with Crippen molar-refractivity contribution in [1.82, 2.24) is 5.32 Å². The highest BCUT2D eigenvalue weighted by Gasteiger charge is 2.06. The van der Waals surface area contributed by atoms with Crippen molar-refractivity contribution >= 4 is 15.9 Å². The molecule has 0 fully saturated rings. The van der Waals surface area contributed by atoms with E-state index in [4.69, 9.17) is 4.74 Å². The summed E-state index contributed by atoms with van der Waals surface area (Å²) in [6, 6.07) is 11.0. The Morgan fingerprint density at radius 1 is 1.19 bits per heavy atom. The van der Waals surface area contributed by atoms with Crippen LogP contribution in [0, 0.1) is 12.7 Å². The maximum Gasteiger partial charge on any atom is 0.129 e. The van der Waals surface area contributed by atoms with Crippen LogP contribution in [0.25, 0.3) is 0 Å². The zero-order valence-electron chi connectivity index (χ0n) is 12.2. The van der Waals surface area contributed by atoms with Crippen molar-refractivity contribution in [2.45, 2.75) is 27.0 Å². The van der Waals surface area contributed by atoms with Crippen molar-refractivity contribution < 1.29 is 9.13 Å². The van der Waals surface area contributed by atoms with E-state index < -0.39 is 0 Å². The van der Waals surface area contributed by atoms with Gasteiger partial charge in [-0.3, -0.25) is 0 Å². The second kappa shape index (κ2) is 7.57.